The number of nitroso groups, excluding NO2 is 1. The van der Waals surface area contributed by atoms with E-state index in [9.17, 15) is 4.91 Å². The van der Waals surface area contributed by atoms with Gasteiger partial charge in [-0.25, -0.2) is 0 Å². The molecule has 0 aromatic carbocycles. The van der Waals surface area contributed by atoms with Crippen LogP contribution in [0.2, 0.25) is 0 Å². The van der Waals surface area contributed by atoms with Crippen molar-refractivity contribution in [1.29, 1.82) is 0 Å². The Bertz CT molecular complexity index is 110. The van der Waals surface area contributed by atoms with E-state index in [4.69, 9.17) is 11.6 Å². The van der Waals surface area contributed by atoms with Gasteiger partial charge in [-0.2, -0.15) is 0 Å². The van der Waals surface area contributed by atoms with Gasteiger partial charge in [-0.05, 0) is 30.9 Å². The SMILES string of the molecule is O=[15N]C1(Cl)CCCCC1. The van der Waals surface area contributed by atoms with Crippen molar-refractivity contribution in [2.45, 2.75) is 37.1 Å². The van der Waals surface area contributed by atoms with Crippen LogP contribution in [-0.2, 0) is 0 Å². The zero-order valence-electron chi connectivity index (χ0n) is 5.27. The Kier molecular flexibility index (Phi) is 2.06. The molecule has 9 heavy (non-hydrogen) atoms. The molecule has 0 saturated heterocycles. The highest BCUT2D eigenvalue weighted by Crippen LogP contribution is 2.34. The van der Waals surface area contributed by atoms with E-state index in [1.54, 1.807) is 0 Å². The molecule has 2 nitrogen and oxygen atoms in total. The van der Waals surface area contributed by atoms with Crippen molar-refractivity contribution in [3.8, 4) is 0 Å². The van der Waals surface area contributed by atoms with Crippen molar-refractivity contribution >= 4 is 11.6 Å². The Morgan fingerprint density at radius 2 is 1.78 bits per heavy atom. The van der Waals surface area contributed by atoms with E-state index in [2.05, 4.69) is 5.18 Å². The highest BCUT2D eigenvalue weighted by Gasteiger charge is 2.30. The van der Waals surface area contributed by atoms with E-state index < -0.39 is 5.00 Å². The molecule has 0 unspecified atom stereocenters. The first-order valence-corrected chi connectivity index (χ1v) is 3.68. The summed E-state index contributed by atoms with van der Waals surface area (Å²) in [6, 6.07) is 0. The molecule has 0 heterocycles. The standard InChI is InChI=1S/C6H10ClNO/c7-6(8-9)4-2-1-3-5-6/h1-5H2/i8+1. The fourth-order valence-electron chi connectivity index (χ4n) is 1.18. The summed E-state index contributed by atoms with van der Waals surface area (Å²) in [4.78, 5) is 9.36. The van der Waals surface area contributed by atoms with Crippen LogP contribution in [-0.4, -0.2) is 5.00 Å². The van der Waals surface area contributed by atoms with Gasteiger partial charge >= 0.3 is 0 Å². The monoisotopic (exact) mass is 148 g/mol. The molecular weight excluding hydrogens is 139 g/mol. The van der Waals surface area contributed by atoms with E-state index in [0.717, 1.165) is 25.7 Å². The number of alkyl halides is 1. The van der Waals surface area contributed by atoms with E-state index in [0.29, 0.717) is 0 Å². The Morgan fingerprint density at radius 1 is 1.22 bits per heavy atom. The Hall–Kier alpha value is -0.110. The molecule has 0 spiro atoms. The lowest BCUT2D eigenvalue weighted by Gasteiger charge is -2.22. The topological polar surface area (TPSA) is 29.4 Å². The minimum absolute atomic E-state index is 0.738. The summed E-state index contributed by atoms with van der Waals surface area (Å²) in [5.41, 5.74) is 0. The van der Waals surface area contributed by atoms with Gasteiger partial charge in [-0.3, -0.25) is 0 Å². The molecule has 3 heteroatoms. The maximum atomic E-state index is 10.1. The lowest BCUT2D eigenvalue weighted by atomic mass is 9.97. The van der Waals surface area contributed by atoms with Crippen molar-refractivity contribution in [2.75, 3.05) is 0 Å². The van der Waals surface area contributed by atoms with Gasteiger partial charge in [0, 0.05) is 0 Å². The van der Waals surface area contributed by atoms with Gasteiger partial charge in [-0.15, -0.1) is 4.91 Å². The second-order valence-electron chi connectivity index (χ2n) is 2.57. The summed E-state index contributed by atoms with van der Waals surface area (Å²) < 4.78 is 0. The first-order valence-electron chi connectivity index (χ1n) is 3.30. The Morgan fingerprint density at radius 3 is 2.11 bits per heavy atom. The van der Waals surface area contributed by atoms with E-state index in [1.165, 1.54) is 6.42 Å². The van der Waals surface area contributed by atoms with Gasteiger partial charge in [0.25, 0.3) is 0 Å². The van der Waals surface area contributed by atoms with Crippen LogP contribution in [0.15, 0.2) is 5.18 Å². The molecule has 0 aliphatic heterocycles. The summed E-state index contributed by atoms with van der Waals surface area (Å²) >= 11 is 5.78. The molecule has 1 rings (SSSR count). The van der Waals surface area contributed by atoms with Gasteiger partial charge in [0.1, 0.15) is 0 Å². The average molecular weight is 149 g/mol. The summed E-state index contributed by atoms with van der Waals surface area (Å²) in [7, 11) is 0. The van der Waals surface area contributed by atoms with Gasteiger partial charge in [0.15, 0.2) is 5.00 Å². The molecule has 1 aliphatic carbocycles. The number of hydrogen-bond donors (Lipinski definition) is 0. The predicted octanol–water partition coefficient (Wildman–Crippen LogP) is 2.65. The fraction of sp³-hybridized carbons (Fsp3) is 1.00. The third-order valence-electron chi connectivity index (χ3n) is 1.78. The van der Waals surface area contributed by atoms with Gasteiger partial charge in [0.2, 0.25) is 0 Å². The molecule has 0 bridgehead atoms. The van der Waals surface area contributed by atoms with Crippen molar-refractivity contribution in [3.05, 3.63) is 4.91 Å². The van der Waals surface area contributed by atoms with E-state index >= 15 is 0 Å². The van der Waals surface area contributed by atoms with Crippen LogP contribution in [0.25, 0.3) is 0 Å². The lowest BCUT2D eigenvalue weighted by molar-refractivity contribution is 0.399. The Balaban J connectivity index is 2.46. The van der Waals surface area contributed by atoms with E-state index in [-0.39, 0.29) is 0 Å². The average Bonchev–Trinajstić information content (AvgIpc) is 1.90. The van der Waals surface area contributed by atoms with Gasteiger partial charge < -0.3 is 0 Å². The quantitative estimate of drug-likeness (QED) is 0.243. The van der Waals surface area contributed by atoms with Crippen LogP contribution in [0.1, 0.15) is 32.1 Å². The minimum atomic E-state index is -0.738. The van der Waals surface area contributed by atoms with Crippen molar-refractivity contribution in [1.82, 2.24) is 0 Å². The summed E-state index contributed by atoms with van der Waals surface area (Å²) in [5, 5.41) is 2.89. The van der Waals surface area contributed by atoms with Gasteiger partial charge in [0.05, 0.1) is 0 Å². The fourth-order valence-corrected chi connectivity index (χ4v) is 1.45. The molecule has 0 aromatic heterocycles. The molecule has 0 radical (unpaired) electrons. The summed E-state index contributed by atoms with van der Waals surface area (Å²) in [5.74, 6) is 0. The number of rotatable bonds is 1. The van der Waals surface area contributed by atoms with Crippen molar-refractivity contribution in [2.24, 2.45) is 5.18 Å². The molecular formula is C6H10ClNO. The molecule has 0 amide bonds. The van der Waals surface area contributed by atoms with Crippen molar-refractivity contribution in [3.63, 3.8) is 0 Å². The molecule has 0 aromatic rings. The number of halogens is 1. The molecule has 0 atom stereocenters. The van der Waals surface area contributed by atoms with Crippen LogP contribution >= 0.6 is 11.6 Å². The highest BCUT2D eigenvalue weighted by atomic mass is 35.5. The Labute approximate surface area is 59.6 Å². The molecule has 0 N–H and O–H groups in total. The zero-order valence-corrected chi connectivity index (χ0v) is 6.02. The zero-order chi connectivity index (χ0) is 6.74. The highest BCUT2D eigenvalue weighted by molar-refractivity contribution is 6.23. The largest absolute Gasteiger partial charge is 0.175 e. The molecule has 1 saturated carbocycles. The smallest absolute Gasteiger partial charge is 0.149 e. The third kappa shape index (κ3) is 1.65. The van der Waals surface area contributed by atoms with Crippen LogP contribution in [0.5, 0.6) is 0 Å². The number of hydrogen-bond acceptors (Lipinski definition) is 2. The minimum Gasteiger partial charge on any atom is -0.149 e. The van der Waals surface area contributed by atoms with Crippen LogP contribution in [0, 0.1) is 4.91 Å². The van der Waals surface area contributed by atoms with E-state index in [1.807, 2.05) is 0 Å². The lowest BCUT2D eigenvalue weighted by Crippen LogP contribution is -2.20. The second-order valence-corrected chi connectivity index (χ2v) is 3.27. The normalized spacial score (nSPS) is 25.4. The predicted molar refractivity (Wildman–Crippen MR) is 37.5 cm³/mol. The first-order chi connectivity index (χ1) is 4.27. The van der Waals surface area contributed by atoms with Crippen LogP contribution in [0.3, 0.4) is 0 Å². The maximum absolute atomic E-state index is 10.1. The maximum Gasteiger partial charge on any atom is 0.175 e. The van der Waals surface area contributed by atoms with Crippen molar-refractivity contribution < 1.29 is 0 Å². The van der Waals surface area contributed by atoms with Crippen LogP contribution in [0.4, 0.5) is 0 Å². The summed E-state index contributed by atoms with van der Waals surface area (Å²) in [6.45, 7) is 0. The van der Waals surface area contributed by atoms with Crippen LogP contribution < -0.4 is 0 Å². The molecule has 1 fully saturated rings. The summed E-state index contributed by atoms with van der Waals surface area (Å²) in [6.07, 6.45) is 4.82. The second kappa shape index (κ2) is 2.65. The van der Waals surface area contributed by atoms with Gasteiger partial charge in [-0.1, -0.05) is 18.0 Å². The third-order valence-corrected chi connectivity index (χ3v) is 2.23. The first kappa shape index (κ1) is 7.00. The number of nitrogens with zero attached hydrogens (tertiary/aromatic N) is 1. The molecule has 1 aliphatic rings. The molecule has 52 valence electrons.